The van der Waals surface area contributed by atoms with E-state index in [0.717, 1.165) is 26.3 Å². The quantitative estimate of drug-likeness (QED) is 0.787. The Morgan fingerprint density at radius 3 is 2.56 bits per heavy atom. The van der Waals surface area contributed by atoms with Crippen molar-refractivity contribution in [3.8, 4) is 0 Å². The monoisotopic (exact) mass is 249 g/mol. The lowest BCUT2D eigenvalue weighted by Crippen LogP contribution is -2.55. The number of nitrogens with zero attached hydrogens (tertiary/aromatic N) is 1. The van der Waals surface area contributed by atoms with Crippen molar-refractivity contribution in [2.45, 2.75) is 19.3 Å². The summed E-state index contributed by atoms with van der Waals surface area (Å²) in [6.45, 7) is 8.59. The second kappa shape index (κ2) is 5.34. The van der Waals surface area contributed by atoms with Crippen LogP contribution >= 0.6 is 0 Å². The summed E-state index contributed by atoms with van der Waals surface area (Å²) in [7, 11) is 0. The van der Waals surface area contributed by atoms with E-state index in [1.807, 2.05) is 12.4 Å². The first kappa shape index (κ1) is 13.5. The van der Waals surface area contributed by atoms with Gasteiger partial charge in [-0.2, -0.15) is 0 Å². The Balaban J connectivity index is 1.86. The number of nitrogens with two attached hydrogens (primary N) is 1. The van der Waals surface area contributed by atoms with Crippen LogP contribution in [0.25, 0.3) is 0 Å². The second-order valence-electron chi connectivity index (χ2n) is 5.92. The van der Waals surface area contributed by atoms with Crippen LogP contribution in [0.1, 0.15) is 19.4 Å². The number of pyridine rings is 1. The van der Waals surface area contributed by atoms with E-state index >= 15 is 0 Å². The lowest BCUT2D eigenvalue weighted by molar-refractivity contribution is -0.105. The van der Waals surface area contributed by atoms with Crippen molar-refractivity contribution < 1.29 is 4.74 Å². The summed E-state index contributed by atoms with van der Waals surface area (Å²) in [6.07, 6.45) is 3.69. The number of rotatable bonds is 6. The van der Waals surface area contributed by atoms with Gasteiger partial charge in [0.25, 0.3) is 0 Å². The summed E-state index contributed by atoms with van der Waals surface area (Å²) in [5.74, 6) is 0. The van der Waals surface area contributed by atoms with E-state index in [0.29, 0.717) is 6.54 Å². The molecule has 1 aliphatic rings. The zero-order valence-corrected chi connectivity index (χ0v) is 11.3. The molecule has 0 aromatic carbocycles. The fourth-order valence-corrected chi connectivity index (χ4v) is 2.23. The fraction of sp³-hybridized carbons (Fsp3) is 0.643. The molecule has 1 aromatic heterocycles. The molecule has 1 aromatic rings. The van der Waals surface area contributed by atoms with Crippen molar-refractivity contribution in [2.75, 3.05) is 32.8 Å². The van der Waals surface area contributed by atoms with E-state index in [1.165, 1.54) is 5.56 Å². The molecule has 0 bridgehead atoms. The minimum Gasteiger partial charge on any atom is -0.380 e. The van der Waals surface area contributed by atoms with E-state index in [4.69, 9.17) is 10.5 Å². The lowest BCUT2D eigenvalue weighted by Gasteiger charge is -2.41. The van der Waals surface area contributed by atoms with Crippen LogP contribution in [0.15, 0.2) is 24.5 Å². The van der Waals surface area contributed by atoms with Gasteiger partial charge in [0.2, 0.25) is 0 Å². The van der Waals surface area contributed by atoms with Crippen LogP contribution < -0.4 is 11.1 Å². The number of hydrogen-bond donors (Lipinski definition) is 2. The third-order valence-electron chi connectivity index (χ3n) is 3.78. The van der Waals surface area contributed by atoms with Crippen LogP contribution in [0.5, 0.6) is 0 Å². The summed E-state index contributed by atoms with van der Waals surface area (Å²) in [6, 6.07) is 4.15. The van der Waals surface area contributed by atoms with Crippen molar-refractivity contribution in [2.24, 2.45) is 11.1 Å². The lowest BCUT2D eigenvalue weighted by atomic mass is 9.83. The summed E-state index contributed by atoms with van der Waals surface area (Å²) >= 11 is 0. The Bertz CT molecular complexity index is 368. The summed E-state index contributed by atoms with van der Waals surface area (Å²) < 4.78 is 5.27. The molecule has 3 N–H and O–H groups in total. The third kappa shape index (κ3) is 2.88. The Labute approximate surface area is 109 Å². The molecule has 100 valence electrons. The molecule has 0 aliphatic carbocycles. The Hall–Kier alpha value is -0.970. The fourth-order valence-electron chi connectivity index (χ4n) is 2.23. The Kier molecular flexibility index (Phi) is 4.00. The third-order valence-corrected chi connectivity index (χ3v) is 3.78. The predicted molar refractivity (Wildman–Crippen MR) is 72.4 cm³/mol. The van der Waals surface area contributed by atoms with Crippen molar-refractivity contribution in [3.63, 3.8) is 0 Å². The second-order valence-corrected chi connectivity index (χ2v) is 5.92. The standard InChI is InChI=1S/C14H23N3O/c1-13(2,12-3-5-16-6-4-12)8-17-9-14(7-15)10-18-11-14/h3-6,17H,7-11,15H2,1-2H3. The molecular weight excluding hydrogens is 226 g/mol. The van der Waals surface area contributed by atoms with E-state index in [9.17, 15) is 0 Å². The summed E-state index contributed by atoms with van der Waals surface area (Å²) in [4.78, 5) is 4.06. The Morgan fingerprint density at radius 2 is 2.06 bits per heavy atom. The number of hydrogen-bond acceptors (Lipinski definition) is 4. The molecule has 2 rings (SSSR count). The average molecular weight is 249 g/mol. The molecule has 2 heterocycles. The molecule has 0 saturated carbocycles. The van der Waals surface area contributed by atoms with Crippen molar-refractivity contribution in [1.29, 1.82) is 0 Å². The predicted octanol–water partition coefficient (Wildman–Crippen LogP) is 0.924. The van der Waals surface area contributed by atoms with Gasteiger partial charge < -0.3 is 15.8 Å². The Morgan fingerprint density at radius 1 is 1.39 bits per heavy atom. The highest BCUT2D eigenvalue weighted by atomic mass is 16.5. The van der Waals surface area contributed by atoms with Crippen molar-refractivity contribution >= 4 is 0 Å². The smallest absolute Gasteiger partial charge is 0.0569 e. The normalized spacial score (nSPS) is 18.4. The van der Waals surface area contributed by atoms with Gasteiger partial charge in [0, 0.05) is 42.9 Å². The maximum atomic E-state index is 5.80. The SMILES string of the molecule is CC(C)(CNCC1(CN)COC1)c1ccncc1. The van der Waals surface area contributed by atoms with Crippen LogP contribution in [-0.2, 0) is 10.2 Å². The molecule has 0 radical (unpaired) electrons. The van der Waals surface area contributed by atoms with Crippen molar-refractivity contribution in [3.05, 3.63) is 30.1 Å². The highest BCUT2D eigenvalue weighted by Gasteiger charge is 2.37. The highest BCUT2D eigenvalue weighted by molar-refractivity contribution is 5.21. The van der Waals surface area contributed by atoms with E-state index in [1.54, 1.807) is 0 Å². The van der Waals surface area contributed by atoms with Gasteiger partial charge in [0.1, 0.15) is 0 Å². The molecule has 0 atom stereocenters. The zero-order valence-electron chi connectivity index (χ0n) is 11.3. The maximum absolute atomic E-state index is 5.80. The molecule has 1 saturated heterocycles. The molecule has 4 heteroatoms. The number of nitrogens with one attached hydrogen (secondary N) is 1. The minimum atomic E-state index is 0.101. The average Bonchev–Trinajstić information content (AvgIpc) is 2.34. The summed E-state index contributed by atoms with van der Waals surface area (Å²) in [5, 5.41) is 3.54. The molecule has 0 spiro atoms. The molecule has 1 fully saturated rings. The largest absolute Gasteiger partial charge is 0.380 e. The van der Waals surface area contributed by atoms with Gasteiger partial charge in [-0.3, -0.25) is 4.98 Å². The summed E-state index contributed by atoms with van der Waals surface area (Å²) in [5.41, 5.74) is 7.37. The molecule has 18 heavy (non-hydrogen) atoms. The highest BCUT2D eigenvalue weighted by Crippen LogP contribution is 2.26. The van der Waals surface area contributed by atoms with Gasteiger partial charge >= 0.3 is 0 Å². The van der Waals surface area contributed by atoms with Gasteiger partial charge in [-0.1, -0.05) is 13.8 Å². The van der Waals surface area contributed by atoms with Crippen molar-refractivity contribution in [1.82, 2.24) is 10.3 Å². The first-order valence-electron chi connectivity index (χ1n) is 6.47. The molecule has 1 aliphatic heterocycles. The van der Waals surface area contributed by atoms with Gasteiger partial charge in [0.15, 0.2) is 0 Å². The van der Waals surface area contributed by atoms with Crippen LogP contribution in [0.3, 0.4) is 0 Å². The zero-order chi connectivity index (χ0) is 13.1. The van der Waals surface area contributed by atoms with E-state index < -0.39 is 0 Å². The van der Waals surface area contributed by atoms with E-state index in [-0.39, 0.29) is 10.8 Å². The minimum absolute atomic E-state index is 0.101. The number of ether oxygens (including phenoxy) is 1. The topological polar surface area (TPSA) is 60.2 Å². The molecular formula is C14H23N3O. The van der Waals surface area contributed by atoms with Gasteiger partial charge in [-0.05, 0) is 17.7 Å². The van der Waals surface area contributed by atoms with Crippen LogP contribution in [0.2, 0.25) is 0 Å². The maximum Gasteiger partial charge on any atom is 0.0569 e. The van der Waals surface area contributed by atoms with Crippen LogP contribution in [-0.4, -0.2) is 37.8 Å². The van der Waals surface area contributed by atoms with Gasteiger partial charge in [-0.15, -0.1) is 0 Å². The van der Waals surface area contributed by atoms with Crippen LogP contribution in [0, 0.1) is 5.41 Å². The van der Waals surface area contributed by atoms with Crippen LogP contribution in [0.4, 0.5) is 0 Å². The molecule has 4 nitrogen and oxygen atoms in total. The molecule has 0 unspecified atom stereocenters. The van der Waals surface area contributed by atoms with Gasteiger partial charge in [0.05, 0.1) is 13.2 Å². The molecule has 0 amide bonds. The first-order chi connectivity index (χ1) is 8.58. The van der Waals surface area contributed by atoms with E-state index in [2.05, 4.69) is 36.3 Å². The van der Waals surface area contributed by atoms with Gasteiger partial charge in [-0.25, -0.2) is 0 Å². The number of aromatic nitrogens is 1. The first-order valence-corrected chi connectivity index (χ1v) is 6.47.